The van der Waals surface area contributed by atoms with Crippen molar-refractivity contribution >= 4 is 38.9 Å². The largest absolute Gasteiger partial charge is 0.348 e. The van der Waals surface area contributed by atoms with Crippen molar-refractivity contribution in [2.45, 2.75) is 19.0 Å². The van der Waals surface area contributed by atoms with Gasteiger partial charge in [0.05, 0.1) is 23.6 Å². The van der Waals surface area contributed by atoms with Crippen LogP contribution in [0.4, 0.5) is 0 Å². The van der Waals surface area contributed by atoms with Crippen LogP contribution in [-0.4, -0.2) is 34.4 Å². The van der Waals surface area contributed by atoms with Gasteiger partial charge in [0.15, 0.2) is 0 Å². The van der Waals surface area contributed by atoms with Crippen molar-refractivity contribution in [2.24, 2.45) is 0 Å². The highest BCUT2D eigenvalue weighted by Crippen LogP contribution is 2.36. The predicted molar refractivity (Wildman–Crippen MR) is 96.3 cm³/mol. The summed E-state index contributed by atoms with van der Waals surface area (Å²) < 4.78 is 1.14. The van der Waals surface area contributed by atoms with Crippen LogP contribution in [0.2, 0.25) is 5.02 Å². The molecule has 2 aromatic heterocycles. The van der Waals surface area contributed by atoms with Crippen LogP contribution in [-0.2, 0) is 17.8 Å². The fraction of sp³-hybridized carbons (Fsp3) is 0.294. The topological polar surface area (TPSA) is 61.0 Å². The van der Waals surface area contributed by atoms with Crippen LogP contribution in [0, 0.1) is 0 Å². The van der Waals surface area contributed by atoms with Crippen molar-refractivity contribution in [2.75, 3.05) is 13.6 Å². The molecule has 4 rings (SSSR count). The molecule has 0 saturated heterocycles. The van der Waals surface area contributed by atoms with Gasteiger partial charge in [0.2, 0.25) is 5.91 Å². The van der Waals surface area contributed by atoms with Gasteiger partial charge in [0.1, 0.15) is 6.04 Å². The Morgan fingerprint density at radius 1 is 1.46 bits per heavy atom. The predicted octanol–water partition coefficient (Wildman–Crippen LogP) is 3.12. The Morgan fingerprint density at radius 3 is 3.12 bits per heavy atom. The summed E-state index contributed by atoms with van der Waals surface area (Å²) in [5.41, 5.74) is 1.85. The first-order valence-corrected chi connectivity index (χ1v) is 9.01. The summed E-state index contributed by atoms with van der Waals surface area (Å²) in [6, 6.07) is 7.65. The zero-order chi connectivity index (χ0) is 16.7. The molecule has 5 nitrogen and oxygen atoms in total. The van der Waals surface area contributed by atoms with Crippen LogP contribution >= 0.6 is 22.9 Å². The second-order valence-corrected chi connectivity index (χ2v) is 7.45. The molecule has 7 heteroatoms. The summed E-state index contributed by atoms with van der Waals surface area (Å²) in [5.74, 6) is 0.0107. The molecule has 3 aromatic rings. The lowest BCUT2D eigenvalue weighted by Crippen LogP contribution is -2.42. The highest BCUT2D eigenvalue weighted by Gasteiger charge is 2.31. The van der Waals surface area contributed by atoms with E-state index in [1.807, 2.05) is 25.2 Å². The van der Waals surface area contributed by atoms with Crippen LogP contribution in [0.25, 0.3) is 10.1 Å². The maximum Gasteiger partial charge on any atom is 0.246 e. The number of thiophene rings is 1. The SMILES string of the molecule is CN(Cc1sc2ccccc2c1Cl)C(=O)[C@@H]1NCCc2[nH]cnc21. The third-order valence-corrected chi connectivity index (χ3v) is 6.05. The van der Waals surface area contributed by atoms with Crippen molar-refractivity contribution in [3.63, 3.8) is 0 Å². The first-order valence-electron chi connectivity index (χ1n) is 7.81. The first-order chi connectivity index (χ1) is 11.6. The number of aromatic amines is 1. The number of benzene rings is 1. The van der Waals surface area contributed by atoms with E-state index in [1.165, 1.54) is 0 Å². The van der Waals surface area contributed by atoms with Gasteiger partial charge >= 0.3 is 0 Å². The molecule has 24 heavy (non-hydrogen) atoms. The average molecular weight is 361 g/mol. The highest BCUT2D eigenvalue weighted by atomic mass is 35.5. The van der Waals surface area contributed by atoms with E-state index in [1.54, 1.807) is 22.6 Å². The van der Waals surface area contributed by atoms with Gasteiger partial charge in [0.25, 0.3) is 0 Å². The Labute approximate surface area is 148 Å². The number of rotatable bonds is 3. The molecule has 1 aliphatic heterocycles. The van der Waals surface area contributed by atoms with E-state index in [9.17, 15) is 4.79 Å². The van der Waals surface area contributed by atoms with E-state index >= 15 is 0 Å². The molecule has 3 heterocycles. The lowest BCUT2D eigenvalue weighted by atomic mass is 10.0. The van der Waals surface area contributed by atoms with E-state index in [0.717, 1.165) is 44.3 Å². The lowest BCUT2D eigenvalue weighted by molar-refractivity contribution is -0.133. The number of carbonyl (C=O) groups is 1. The standard InChI is InChI=1S/C17H17ClN4OS/c1-22(8-13-14(18)10-4-2-3-5-12(10)24-13)17(23)16-15-11(6-7-19-16)20-9-21-15/h2-5,9,16,19H,6-8H2,1H3,(H,20,21)/t16-/m1/s1. The van der Waals surface area contributed by atoms with E-state index in [0.29, 0.717) is 6.54 Å². The van der Waals surface area contributed by atoms with E-state index in [-0.39, 0.29) is 5.91 Å². The molecule has 0 unspecified atom stereocenters. The summed E-state index contributed by atoms with van der Waals surface area (Å²) in [7, 11) is 1.81. The number of likely N-dealkylation sites (N-methyl/N-ethyl adjacent to an activating group) is 1. The molecule has 0 radical (unpaired) electrons. The van der Waals surface area contributed by atoms with Crippen molar-refractivity contribution in [3.8, 4) is 0 Å². The van der Waals surface area contributed by atoms with Gasteiger partial charge in [-0.3, -0.25) is 4.79 Å². The minimum Gasteiger partial charge on any atom is -0.348 e. The Kier molecular flexibility index (Phi) is 4.04. The van der Waals surface area contributed by atoms with Crippen LogP contribution in [0.5, 0.6) is 0 Å². The summed E-state index contributed by atoms with van der Waals surface area (Å²) in [5, 5.41) is 5.06. The molecule has 0 fully saturated rings. The molecular formula is C17H17ClN4OS. The molecule has 0 spiro atoms. The van der Waals surface area contributed by atoms with Crippen molar-refractivity contribution in [1.29, 1.82) is 0 Å². The molecular weight excluding hydrogens is 344 g/mol. The van der Waals surface area contributed by atoms with Crippen molar-refractivity contribution in [1.82, 2.24) is 20.2 Å². The molecule has 1 aliphatic rings. The molecule has 0 bridgehead atoms. The van der Waals surface area contributed by atoms with Gasteiger partial charge in [-0.05, 0) is 6.07 Å². The first kappa shape index (κ1) is 15.6. The lowest BCUT2D eigenvalue weighted by Gasteiger charge is -2.26. The van der Waals surface area contributed by atoms with E-state index in [2.05, 4.69) is 21.4 Å². The monoisotopic (exact) mass is 360 g/mol. The second-order valence-electron chi connectivity index (χ2n) is 5.93. The Bertz CT molecular complexity index is 903. The number of halogens is 1. The van der Waals surface area contributed by atoms with E-state index in [4.69, 9.17) is 11.6 Å². The number of hydrogen-bond acceptors (Lipinski definition) is 4. The zero-order valence-corrected chi connectivity index (χ0v) is 14.7. The van der Waals surface area contributed by atoms with Crippen LogP contribution in [0.15, 0.2) is 30.6 Å². The van der Waals surface area contributed by atoms with Gasteiger partial charge in [-0.1, -0.05) is 29.8 Å². The number of carbonyl (C=O) groups excluding carboxylic acids is 1. The molecule has 124 valence electrons. The molecule has 1 atom stereocenters. The summed E-state index contributed by atoms with van der Waals surface area (Å²) in [4.78, 5) is 23.0. The number of aromatic nitrogens is 2. The van der Waals surface area contributed by atoms with Crippen LogP contribution in [0.3, 0.4) is 0 Å². The van der Waals surface area contributed by atoms with Gasteiger partial charge < -0.3 is 15.2 Å². The van der Waals surface area contributed by atoms with Crippen molar-refractivity contribution < 1.29 is 4.79 Å². The summed E-state index contributed by atoms with van der Waals surface area (Å²) in [6.45, 7) is 1.26. The molecule has 1 aromatic carbocycles. The zero-order valence-electron chi connectivity index (χ0n) is 13.2. The summed E-state index contributed by atoms with van der Waals surface area (Å²) >= 11 is 8.13. The fourth-order valence-corrected chi connectivity index (χ4v) is 4.65. The van der Waals surface area contributed by atoms with Gasteiger partial charge in [-0.2, -0.15) is 0 Å². The number of imidazole rings is 1. The van der Waals surface area contributed by atoms with Gasteiger partial charge in [-0.15, -0.1) is 11.3 Å². The Morgan fingerprint density at radius 2 is 2.29 bits per heavy atom. The van der Waals surface area contributed by atoms with Crippen molar-refractivity contribution in [3.05, 3.63) is 51.9 Å². The minimum absolute atomic E-state index is 0.0107. The Hall–Kier alpha value is -1.89. The molecule has 2 N–H and O–H groups in total. The van der Waals surface area contributed by atoms with E-state index < -0.39 is 6.04 Å². The van der Waals surface area contributed by atoms with Gasteiger partial charge in [0, 0.05) is 40.7 Å². The normalized spacial score (nSPS) is 17.0. The minimum atomic E-state index is -0.391. The fourth-order valence-electron chi connectivity index (χ4n) is 3.10. The number of nitrogens with zero attached hydrogens (tertiary/aromatic N) is 2. The number of fused-ring (bicyclic) bond motifs is 2. The quantitative estimate of drug-likeness (QED) is 0.754. The maximum atomic E-state index is 12.9. The molecule has 1 amide bonds. The highest BCUT2D eigenvalue weighted by molar-refractivity contribution is 7.19. The second kappa shape index (κ2) is 6.20. The number of hydrogen-bond donors (Lipinski definition) is 2. The average Bonchev–Trinajstić information content (AvgIpc) is 3.19. The third kappa shape index (κ3) is 2.60. The molecule has 0 aliphatic carbocycles. The van der Waals surface area contributed by atoms with Gasteiger partial charge in [-0.25, -0.2) is 4.98 Å². The number of nitrogens with one attached hydrogen (secondary N) is 2. The summed E-state index contributed by atoms with van der Waals surface area (Å²) in [6.07, 6.45) is 2.52. The smallest absolute Gasteiger partial charge is 0.246 e. The number of H-pyrrole nitrogens is 1. The number of amides is 1. The Balaban J connectivity index is 1.57. The van der Waals surface area contributed by atoms with Crippen LogP contribution in [0.1, 0.15) is 22.3 Å². The molecule has 0 saturated carbocycles. The van der Waals surface area contributed by atoms with Crippen LogP contribution < -0.4 is 5.32 Å². The maximum absolute atomic E-state index is 12.9. The third-order valence-electron chi connectivity index (χ3n) is 4.35.